The number of benzene rings is 1. The van der Waals surface area contributed by atoms with Gasteiger partial charge in [-0.05, 0) is 36.5 Å². The van der Waals surface area contributed by atoms with Gasteiger partial charge in [-0.2, -0.15) is 0 Å². The maximum Gasteiger partial charge on any atom is 0.0450 e. The van der Waals surface area contributed by atoms with Gasteiger partial charge in [-0.15, -0.1) is 0 Å². The maximum absolute atomic E-state index is 9.02. The van der Waals surface area contributed by atoms with E-state index in [0.717, 1.165) is 24.9 Å². The Morgan fingerprint density at radius 2 is 1.76 bits per heavy atom. The smallest absolute Gasteiger partial charge is 0.0450 e. The minimum Gasteiger partial charge on any atom is -0.396 e. The minimum atomic E-state index is 0.252. The summed E-state index contributed by atoms with van der Waals surface area (Å²) in [5.74, 6) is 0.577. The molecule has 1 atom stereocenters. The van der Waals surface area contributed by atoms with Crippen molar-refractivity contribution in [3.8, 4) is 0 Å². The zero-order valence-electron chi connectivity index (χ0n) is 11.2. The largest absolute Gasteiger partial charge is 0.396 e. The molecule has 0 saturated carbocycles. The topological polar surface area (TPSA) is 32.3 Å². The summed E-state index contributed by atoms with van der Waals surface area (Å²) in [5, 5.41) is 12.5. The van der Waals surface area contributed by atoms with Crippen LogP contribution in [0.15, 0.2) is 24.3 Å². The van der Waals surface area contributed by atoms with Crippen LogP contribution < -0.4 is 5.32 Å². The van der Waals surface area contributed by atoms with Crippen LogP contribution in [0.5, 0.6) is 0 Å². The molecule has 0 aromatic heterocycles. The first kappa shape index (κ1) is 14.0. The Hall–Kier alpha value is -1.02. The molecule has 0 aliphatic heterocycles. The van der Waals surface area contributed by atoms with Crippen molar-refractivity contribution in [2.75, 3.05) is 11.9 Å². The Balaban J connectivity index is 2.59. The van der Waals surface area contributed by atoms with Crippen LogP contribution in [0.2, 0.25) is 0 Å². The molecule has 17 heavy (non-hydrogen) atoms. The molecule has 1 aromatic rings. The summed E-state index contributed by atoms with van der Waals surface area (Å²) in [6.45, 7) is 6.83. The van der Waals surface area contributed by atoms with E-state index in [-0.39, 0.29) is 6.61 Å². The number of nitrogens with one attached hydrogen (secondary N) is 1. The Morgan fingerprint density at radius 1 is 1.12 bits per heavy atom. The van der Waals surface area contributed by atoms with Gasteiger partial charge in [0.25, 0.3) is 0 Å². The van der Waals surface area contributed by atoms with Gasteiger partial charge < -0.3 is 10.4 Å². The molecule has 0 bridgehead atoms. The van der Waals surface area contributed by atoms with E-state index in [2.05, 4.69) is 50.4 Å². The third-order valence-electron chi connectivity index (χ3n) is 3.06. The molecule has 2 heteroatoms. The Bertz CT molecular complexity index is 299. The molecular weight excluding hydrogens is 210 g/mol. The van der Waals surface area contributed by atoms with Crippen molar-refractivity contribution < 1.29 is 5.11 Å². The Morgan fingerprint density at radius 3 is 2.24 bits per heavy atom. The van der Waals surface area contributed by atoms with Gasteiger partial charge in [0.05, 0.1) is 0 Å². The molecule has 0 aliphatic rings. The van der Waals surface area contributed by atoms with E-state index in [4.69, 9.17) is 5.11 Å². The van der Waals surface area contributed by atoms with Crippen molar-refractivity contribution in [2.45, 2.75) is 52.0 Å². The predicted octanol–water partition coefficient (Wildman–Crippen LogP) is 3.77. The van der Waals surface area contributed by atoms with Crippen LogP contribution in [0, 0.1) is 0 Å². The summed E-state index contributed by atoms with van der Waals surface area (Å²) in [7, 11) is 0. The quantitative estimate of drug-likeness (QED) is 0.754. The van der Waals surface area contributed by atoms with E-state index >= 15 is 0 Å². The number of aliphatic hydroxyl groups excluding tert-OH is 1. The molecule has 0 radical (unpaired) electrons. The second-order valence-corrected chi connectivity index (χ2v) is 4.92. The summed E-state index contributed by atoms with van der Waals surface area (Å²) >= 11 is 0. The lowest BCUT2D eigenvalue weighted by Gasteiger charge is -2.18. The van der Waals surface area contributed by atoms with Crippen LogP contribution in [0.25, 0.3) is 0 Å². The van der Waals surface area contributed by atoms with E-state index in [1.807, 2.05) is 0 Å². The van der Waals surface area contributed by atoms with Gasteiger partial charge in [-0.3, -0.25) is 0 Å². The summed E-state index contributed by atoms with van der Waals surface area (Å²) < 4.78 is 0. The minimum absolute atomic E-state index is 0.252. The number of anilines is 1. The van der Waals surface area contributed by atoms with E-state index in [9.17, 15) is 0 Å². The third kappa shape index (κ3) is 4.78. The van der Waals surface area contributed by atoms with Gasteiger partial charge >= 0.3 is 0 Å². The fourth-order valence-electron chi connectivity index (χ4n) is 1.99. The van der Waals surface area contributed by atoms with Gasteiger partial charge in [0.1, 0.15) is 0 Å². The zero-order valence-corrected chi connectivity index (χ0v) is 11.2. The van der Waals surface area contributed by atoms with E-state index in [0.29, 0.717) is 12.0 Å². The number of hydrogen-bond donors (Lipinski definition) is 2. The van der Waals surface area contributed by atoms with Gasteiger partial charge in [-0.1, -0.05) is 39.3 Å². The van der Waals surface area contributed by atoms with Gasteiger partial charge in [-0.25, -0.2) is 0 Å². The third-order valence-corrected chi connectivity index (χ3v) is 3.06. The van der Waals surface area contributed by atoms with E-state index in [1.165, 1.54) is 5.56 Å². The second kappa shape index (κ2) is 7.33. The monoisotopic (exact) mass is 235 g/mol. The van der Waals surface area contributed by atoms with Crippen LogP contribution in [0.1, 0.15) is 51.5 Å². The molecule has 0 heterocycles. The molecule has 1 unspecified atom stereocenters. The zero-order chi connectivity index (χ0) is 12.7. The molecule has 2 N–H and O–H groups in total. The summed E-state index contributed by atoms with van der Waals surface area (Å²) in [5.41, 5.74) is 2.52. The highest BCUT2D eigenvalue weighted by Gasteiger charge is 2.07. The van der Waals surface area contributed by atoms with Crippen molar-refractivity contribution in [2.24, 2.45) is 0 Å². The van der Waals surface area contributed by atoms with Crippen LogP contribution in [0.4, 0.5) is 5.69 Å². The highest BCUT2D eigenvalue weighted by atomic mass is 16.3. The number of hydrogen-bond acceptors (Lipinski definition) is 2. The molecule has 0 spiro atoms. The summed E-state index contributed by atoms with van der Waals surface area (Å²) in [4.78, 5) is 0. The van der Waals surface area contributed by atoms with Gasteiger partial charge in [0.2, 0.25) is 0 Å². The average molecular weight is 235 g/mol. The molecule has 0 fully saturated rings. The number of rotatable bonds is 7. The molecule has 2 nitrogen and oxygen atoms in total. The predicted molar refractivity (Wildman–Crippen MR) is 74.6 cm³/mol. The lowest BCUT2D eigenvalue weighted by Crippen LogP contribution is -2.20. The molecule has 1 aromatic carbocycles. The normalized spacial score (nSPS) is 12.8. The van der Waals surface area contributed by atoms with Crippen LogP contribution in [0.3, 0.4) is 0 Å². The molecule has 0 amide bonds. The van der Waals surface area contributed by atoms with Gasteiger partial charge in [0, 0.05) is 18.3 Å². The van der Waals surface area contributed by atoms with E-state index < -0.39 is 0 Å². The SMILES string of the molecule is CCCC(CCO)Nc1ccc(C(C)C)cc1. The van der Waals surface area contributed by atoms with Crippen LogP contribution in [-0.2, 0) is 0 Å². The highest BCUT2D eigenvalue weighted by Crippen LogP contribution is 2.18. The van der Waals surface area contributed by atoms with Crippen LogP contribution in [-0.4, -0.2) is 17.8 Å². The molecule has 96 valence electrons. The molecule has 0 saturated heterocycles. The lowest BCUT2D eigenvalue weighted by atomic mass is 10.0. The van der Waals surface area contributed by atoms with Crippen molar-refractivity contribution in [1.82, 2.24) is 0 Å². The fraction of sp³-hybridized carbons (Fsp3) is 0.600. The Kier molecular flexibility index (Phi) is 6.06. The first-order chi connectivity index (χ1) is 8.17. The average Bonchev–Trinajstić information content (AvgIpc) is 2.30. The van der Waals surface area contributed by atoms with Crippen molar-refractivity contribution in [3.05, 3.63) is 29.8 Å². The summed E-state index contributed by atoms with van der Waals surface area (Å²) in [6, 6.07) is 9.00. The van der Waals surface area contributed by atoms with Crippen molar-refractivity contribution in [1.29, 1.82) is 0 Å². The lowest BCUT2D eigenvalue weighted by molar-refractivity contribution is 0.276. The fourth-order valence-corrected chi connectivity index (χ4v) is 1.99. The Labute approximate surface area is 105 Å². The standard InChI is InChI=1S/C15H25NO/c1-4-5-14(10-11-17)16-15-8-6-13(7-9-15)12(2)3/h6-9,12,14,16-17H,4-5,10-11H2,1-3H3. The van der Waals surface area contributed by atoms with Crippen molar-refractivity contribution in [3.63, 3.8) is 0 Å². The molecular formula is C15H25NO. The first-order valence-electron chi connectivity index (χ1n) is 6.64. The molecule has 0 aliphatic carbocycles. The molecule has 1 rings (SSSR count). The highest BCUT2D eigenvalue weighted by molar-refractivity contribution is 5.45. The first-order valence-corrected chi connectivity index (χ1v) is 6.64. The van der Waals surface area contributed by atoms with Gasteiger partial charge in [0.15, 0.2) is 0 Å². The maximum atomic E-state index is 9.02. The van der Waals surface area contributed by atoms with E-state index in [1.54, 1.807) is 0 Å². The summed E-state index contributed by atoms with van der Waals surface area (Å²) in [6.07, 6.45) is 3.06. The van der Waals surface area contributed by atoms with Crippen molar-refractivity contribution >= 4 is 5.69 Å². The number of aliphatic hydroxyl groups is 1. The van der Waals surface area contributed by atoms with Crippen LogP contribution >= 0.6 is 0 Å². The second-order valence-electron chi connectivity index (χ2n) is 4.92.